The van der Waals surface area contributed by atoms with E-state index < -0.39 is 0 Å². The van der Waals surface area contributed by atoms with Crippen LogP contribution in [0.2, 0.25) is 0 Å². The summed E-state index contributed by atoms with van der Waals surface area (Å²) in [7, 11) is 1.93. The lowest BCUT2D eigenvalue weighted by Gasteiger charge is -2.34. The Morgan fingerprint density at radius 1 is 1.48 bits per heavy atom. The number of likely N-dealkylation sites (N-methyl/N-ethyl adjacent to an activating group) is 1. The number of amides is 1. The molecule has 1 aliphatic heterocycles. The molecule has 21 heavy (non-hydrogen) atoms. The van der Waals surface area contributed by atoms with Crippen LogP contribution in [0.4, 0.5) is 4.39 Å². The molecule has 2 rings (SSSR count). The fourth-order valence-electron chi connectivity index (χ4n) is 2.81. The number of nitrogens with zero attached hydrogens (tertiary/aromatic N) is 1. The highest BCUT2D eigenvalue weighted by molar-refractivity contribution is 5.85. The largest absolute Gasteiger partial charge is 0.341 e. The van der Waals surface area contributed by atoms with Gasteiger partial charge in [-0.2, -0.15) is 0 Å². The number of carbonyl (C=O) groups is 1. The fraction of sp³-hybridized carbons (Fsp3) is 0.562. The molecular weight excluding hydrogens is 291 g/mol. The third-order valence-electron chi connectivity index (χ3n) is 4.05. The summed E-state index contributed by atoms with van der Waals surface area (Å²) in [6.07, 6.45) is 2.61. The molecule has 0 aromatic heterocycles. The Morgan fingerprint density at radius 3 is 2.86 bits per heavy atom. The maximum absolute atomic E-state index is 13.6. The van der Waals surface area contributed by atoms with Gasteiger partial charge in [0, 0.05) is 25.0 Å². The second kappa shape index (κ2) is 8.35. The van der Waals surface area contributed by atoms with E-state index in [0.717, 1.165) is 25.9 Å². The van der Waals surface area contributed by atoms with Gasteiger partial charge in [-0.3, -0.25) is 4.79 Å². The number of halogens is 2. The highest BCUT2D eigenvalue weighted by Crippen LogP contribution is 2.17. The topological polar surface area (TPSA) is 32.3 Å². The van der Waals surface area contributed by atoms with E-state index in [9.17, 15) is 9.18 Å². The van der Waals surface area contributed by atoms with Crippen LogP contribution in [0.15, 0.2) is 24.3 Å². The van der Waals surface area contributed by atoms with Crippen molar-refractivity contribution in [3.63, 3.8) is 0 Å². The van der Waals surface area contributed by atoms with Gasteiger partial charge in [0.15, 0.2) is 0 Å². The van der Waals surface area contributed by atoms with E-state index in [-0.39, 0.29) is 30.0 Å². The Bertz CT molecular complexity index is 469. The third kappa shape index (κ3) is 4.68. The molecule has 3 nitrogen and oxygen atoms in total. The zero-order chi connectivity index (χ0) is 14.5. The Balaban J connectivity index is 0.00000220. The van der Waals surface area contributed by atoms with Gasteiger partial charge in [0.05, 0.1) is 0 Å². The van der Waals surface area contributed by atoms with Crippen molar-refractivity contribution in [1.29, 1.82) is 0 Å². The van der Waals surface area contributed by atoms with E-state index in [2.05, 4.69) is 5.32 Å². The summed E-state index contributed by atoms with van der Waals surface area (Å²) in [5.41, 5.74) is 0.621. The molecule has 0 aliphatic carbocycles. The molecule has 1 saturated heterocycles. The Kier molecular flexibility index (Phi) is 7.12. The quantitative estimate of drug-likeness (QED) is 0.926. The molecule has 0 radical (unpaired) electrons. The first-order valence-electron chi connectivity index (χ1n) is 7.31. The van der Waals surface area contributed by atoms with Crippen LogP contribution in [0.25, 0.3) is 0 Å². The summed E-state index contributed by atoms with van der Waals surface area (Å²) in [6.45, 7) is 3.47. The van der Waals surface area contributed by atoms with Gasteiger partial charge in [0.1, 0.15) is 5.82 Å². The Morgan fingerprint density at radius 2 is 2.19 bits per heavy atom. The average Bonchev–Trinajstić information content (AvgIpc) is 2.48. The molecule has 2 atom stereocenters. The van der Waals surface area contributed by atoms with Crippen molar-refractivity contribution >= 4 is 18.3 Å². The van der Waals surface area contributed by atoms with Crippen molar-refractivity contribution in [3.05, 3.63) is 35.6 Å². The zero-order valence-electron chi connectivity index (χ0n) is 12.6. The van der Waals surface area contributed by atoms with Gasteiger partial charge in [0.25, 0.3) is 0 Å². The van der Waals surface area contributed by atoms with Gasteiger partial charge in [-0.25, -0.2) is 4.39 Å². The van der Waals surface area contributed by atoms with E-state index in [4.69, 9.17) is 0 Å². The van der Waals surface area contributed by atoms with Crippen LogP contribution in [0.1, 0.15) is 25.3 Å². The SMILES string of the molecule is CNC1CCCN(C(=O)C(C)Cc2ccccc2F)C1.Cl. The van der Waals surface area contributed by atoms with Gasteiger partial charge >= 0.3 is 0 Å². The molecular formula is C16H24ClFN2O. The molecule has 1 heterocycles. The molecule has 5 heteroatoms. The molecule has 118 valence electrons. The maximum atomic E-state index is 13.6. The van der Waals surface area contributed by atoms with Gasteiger partial charge in [-0.05, 0) is 37.9 Å². The standard InChI is InChI=1S/C16H23FN2O.ClH/c1-12(10-13-6-3-4-8-15(13)17)16(20)19-9-5-7-14(11-19)18-2;/h3-4,6,8,12,14,18H,5,7,9-11H2,1-2H3;1H. The van der Waals surface area contributed by atoms with Crippen molar-refractivity contribution in [2.45, 2.75) is 32.2 Å². The number of hydrogen-bond donors (Lipinski definition) is 1. The number of hydrogen-bond acceptors (Lipinski definition) is 2. The van der Waals surface area contributed by atoms with E-state index in [1.54, 1.807) is 12.1 Å². The van der Waals surface area contributed by atoms with Crippen LogP contribution in [0, 0.1) is 11.7 Å². The van der Waals surface area contributed by atoms with E-state index in [0.29, 0.717) is 18.0 Å². The van der Waals surface area contributed by atoms with Crippen LogP contribution in [0.5, 0.6) is 0 Å². The predicted octanol–water partition coefficient (Wildman–Crippen LogP) is 2.64. The summed E-state index contributed by atoms with van der Waals surface area (Å²) in [5.74, 6) is -0.269. The number of benzene rings is 1. The number of nitrogens with one attached hydrogen (secondary N) is 1. The third-order valence-corrected chi connectivity index (χ3v) is 4.05. The smallest absolute Gasteiger partial charge is 0.225 e. The van der Waals surface area contributed by atoms with Crippen LogP contribution in [0.3, 0.4) is 0 Å². The van der Waals surface area contributed by atoms with Gasteiger partial charge < -0.3 is 10.2 Å². The molecule has 1 aromatic carbocycles. The normalized spacial score (nSPS) is 19.8. The lowest BCUT2D eigenvalue weighted by atomic mass is 9.97. The van der Waals surface area contributed by atoms with Crippen LogP contribution in [-0.4, -0.2) is 37.0 Å². The maximum Gasteiger partial charge on any atom is 0.225 e. The molecule has 1 amide bonds. The van der Waals surface area contributed by atoms with Crippen molar-refractivity contribution in [1.82, 2.24) is 10.2 Å². The lowest BCUT2D eigenvalue weighted by molar-refractivity contribution is -0.136. The summed E-state index contributed by atoms with van der Waals surface area (Å²) in [5, 5.41) is 3.23. The number of rotatable bonds is 4. The minimum atomic E-state index is -0.223. The second-order valence-electron chi connectivity index (χ2n) is 5.61. The predicted molar refractivity (Wildman–Crippen MR) is 85.2 cm³/mol. The summed E-state index contributed by atoms with van der Waals surface area (Å²) < 4.78 is 13.6. The number of piperidine rings is 1. The van der Waals surface area contributed by atoms with E-state index in [1.165, 1.54) is 6.07 Å². The number of likely N-dealkylation sites (tertiary alicyclic amines) is 1. The first kappa shape index (κ1) is 17.9. The molecule has 1 aliphatic rings. The first-order valence-corrected chi connectivity index (χ1v) is 7.31. The van der Waals surface area contributed by atoms with E-state index in [1.807, 2.05) is 24.9 Å². The molecule has 1 aromatic rings. The molecule has 0 saturated carbocycles. The average molecular weight is 315 g/mol. The summed E-state index contributed by atoms with van der Waals surface area (Å²) in [4.78, 5) is 14.4. The van der Waals surface area contributed by atoms with Crippen molar-refractivity contribution < 1.29 is 9.18 Å². The second-order valence-corrected chi connectivity index (χ2v) is 5.61. The van der Waals surface area contributed by atoms with Crippen LogP contribution >= 0.6 is 12.4 Å². The fourth-order valence-corrected chi connectivity index (χ4v) is 2.81. The molecule has 0 bridgehead atoms. The monoisotopic (exact) mass is 314 g/mol. The minimum absolute atomic E-state index is 0. The Hall–Kier alpha value is -1.13. The molecule has 1 N–H and O–H groups in total. The highest BCUT2D eigenvalue weighted by Gasteiger charge is 2.26. The highest BCUT2D eigenvalue weighted by atomic mass is 35.5. The first-order chi connectivity index (χ1) is 9.61. The minimum Gasteiger partial charge on any atom is -0.341 e. The summed E-state index contributed by atoms with van der Waals surface area (Å²) >= 11 is 0. The van der Waals surface area contributed by atoms with Crippen molar-refractivity contribution in [3.8, 4) is 0 Å². The van der Waals surface area contributed by atoms with E-state index >= 15 is 0 Å². The molecule has 1 fully saturated rings. The lowest BCUT2D eigenvalue weighted by Crippen LogP contribution is -2.48. The van der Waals surface area contributed by atoms with Gasteiger partial charge in [0.2, 0.25) is 5.91 Å². The van der Waals surface area contributed by atoms with Crippen LogP contribution in [-0.2, 0) is 11.2 Å². The van der Waals surface area contributed by atoms with Crippen molar-refractivity contribution in [2.75, 3.05) is 20.1 Å². The number of carbonyl (C=O) groups excluding carboxylic acids is 1. The van der Waals surface area contributed by atoms with Gasteiger partial charge in [-0.1, -0.05) is 25.1 Å². The summed E-state index contributed by atoms with van der Waals surface area (Å²) in [6, 6.07) is 7.07. The molecule has 0 spiro atoms. The molecule has 2 unspecified atom stereocenters. The van der Waals surface area contributed by atoms with Crippen LogP contribution < -0.4 is 5.32 Å². The van der Waals surface area contributed by atoms with Gasteiger partial charge in [-0.15, -0.1) is 12.4 Å². The van der Waals surface area contributed by atoms with Crippen molar-refractivity contribution in [2.24, 2.45) is 5.92 Å². The zero-order valence-corrected chi connectivity index (χ0v) is 13.5. The Labute approximate surface area is 132 Å².